The van der Waals surface area contributed by atoms with Crippen molar-refractivity contribution in [2.24, 2.45) is 5.41 Å². The molecular formula is C52H73F3N6O2Si2. The Kier molecular flexibility index (Phi) is 12.4. The van der Waals surface area contributed by atoms with Crippen LogP contribution in [0.15, 0.2) is 42.4 Å². The largest absolute Gasteiger partial charge is 0.543 e. The van der Waals surface area contributed by atoms with Crippen molar-refractivity contribution >= 4 is 43.9 Å². The number of hydrogen-bond donors (Lipinski definition) is 1. The topological polar surface area (TPSA) is 75.6 Å². The monoisotopic (exact) mass is 932 g/mol. The molecule has 0 spiro atoms. The second-order valence-electron chi connectivity index (χ2n) is 21.0. The Morgan fingerprint density at radius 1 is 0.938 bits per heavy atom. The first-order valence-corrected chi connectivity index (χ1v) is 28.1. The number of hydrogen-bond acceptors (Lipinski definition) is 8. The van der Waals surface area contributed by atoms with E-state index in [-0.39, 0.29) is 97.4 Å². The van der Waals surface area contributed by atoms with Crippen LogP contribution in [0.1, 0.15) is 122 Å². The minimum absolute atomic E-state index is 0.00937. The molecule has 352 valence electrons. The highest BCUT2D eigenvalue weighted by molar-refractivity contribution is 6.90. The molecule has 5 heterocycles. The molecule has 65 heavy (non-hydrogen) atoms. The molecule has 13 heteroatoms. The van der Waals surface area contributed by atoms with Crippen LogP contribution >= 0.6 is 0 Å². The van der Waals surface area contributed by atoms with E-state index in [0.29, 0.717) is 35.9 Å². The Morgan fingerprint density at radius 2 is 1.58 bits per heavy atom. The third kappa shape index (κ3) is 8.98. The standard InChI is InChI=1S/C52H73F3N6O2Si2/c1-31(2)64(32(3)4,33(5)6)22-20-42-45(54)18-15-37-23-41(63-65(34(7)8,35(9)10)36(11)12)24-43(46(37)42)48-47(55)49-44(26-56-48)50(61-27-39-16-17-40(28-61)57-39)59-51(58-49)62-30-52(13)29-60(14)21-19-38(52)25-53/h15,18,23-26,31-36,39-40,57H,16-17,19,21,27-30H2,1-14H3/b38-25+/t39-,40+,52-/m0/s1/i14D3,30D2. The van der Waals surface area contributed by atoms with Crippen LogP contribution in [0.5, 0.6) is 11.8 Å². The Balaban J connectivity index is 1.51. The second-order valence-corrected chi connectivity index (χ2v) is 31.9. The molecule has 3 aliphatic heterocycles. The molecule has 1 N–H and O–H groups in total. The van der Waals surface area contributed by atoms with E-state index in [1.165, 1.54) is 19.2 Å². The van der Waals surface area contributed by atoms with Crippen molar-refractivity contribution in [1.82, 2.24) is 25.2 Å². The van der Waals surface area contributed by atoms with E-state index in [2.05, 4.69) is 105 Å². The van der Waals surface area contributed by atoms with Gasteiger partial charge in [-0.1, -0.05) is 102 Å². The van der Waals surface area contributed by atoms with E-state index in [1.54, 1.807) is 12.1 Å². The molecule has 0 saturated carbocycles. The summed E-state index contributed by atoms with van der Waals surface area (Å²) in [6, 6.07) is 6.50. The smallest absolute Gasteiger partial charge is 0.319 e. The molecule has 0 unspecified atom stereocenters. The van der Waals surface area contributed by atoms with Crippen molar-refractivity contribution < 1.29 is 29.2 Å². The number of piperidine rings is 1. The van der Waals surface area contributed by atoms with Crippen molar-refractivity contribution in [1.29, 1.82) is 0 Å². The summed E-state index contributed by atoms with van der Waals surface area (Å²) in [5, 5.41) is 4.85. The lowest BCUT2D eigenvalue weighted by Gasteiger charge is -2.42. The van der Waals surface area contributed by atoms with E-state index in [0.717, 1.165) is 17.7 Å². The number of halogens is 3. The molecule has 8 nitrogen and oxygen atoms in total. The van der Waals surface area contributed by atoms with Gasteiger partial charge < -0.3 is 24.3 Å². The van der Waals surface area contributed by atoms with Gasteiger partial charge in [-0.2, -0.15) is 9.97 Å². The highest BCUT2D eigenvalue weighted by Crippen LogP contribution is 2.47. The number of fused-ring (bicyclic) bond motifs is 4. The minimum atomic E-state index is -2.79. The molecule has 0 radical (unpaired) electrons. The van der Waals surface area contributed by atoms with Gasteiger partial charge in [0.05, 0.1) is 20.0 Å². The molecular weight excluding hydrogens is 854 g/mol. The quantitative estimate of drug-likeness (QED) is 0.105. The first-order chi connectivity index (χ1) is 32.6. The molecule has 3 aliphatic rings. The fraction of sp³-hybridized carbons (Fsp3) is 0.596. The summed E-state index contributed by atoms with van der Waals surface area (Å²) >= 11 is 0. The fourth-order valence-corrected chi connectivity index (χ4v) is 22.4. The third-order valence-corrected chi connectivity index (χ3v) is 27.4. The summed E-state index contributed by atoms with van der Waals surface area (Å²) in [6.07, 6.45) is 3.63. The highest BCUT2D eigenvalue weighted by Gasteiger charge is 2.47. The van der Waals surface area contributed by atoms with Crippen LogP contribution in [-0.4, -0.2) is 88.0 Å². The maximum Gasteiger partial charge on any atom is 0.319 e. The van der Waals surface area contributed by atoms with Gasteiger partial charge in [0.2, 0.25) is 0 Å². The summed E-state index contributed by atoms with van der Waals surface area (Å²) in [5.41, 5.74) is 3.38. The van der Waals surface area contributed by atoms with Crippen LogP contribution < -0.4 is 19.4 Å². The maximum atomic E-state index is 18.3. The zero-order chi connectivity index (χ0) is 51.6. The van der Waals surface area contributed by atoms with Crippen LogP contribution in [0.2, 0.25) is 33.2 Å². The van der Waals surface area contributed by atoms with Gasteiger partial charge in [0.1, 0.15) is 43.2 Å². The summed E-state index contributed by atoms with van der Waals surface area (Å²) < 4.78 is 106. The Labute approximate surface area is 395 Å². The fourth-order valence-electron chi connectivity index (χ4n) is 11.9. The second kappa shape index (κ2) is 19.0. The van der Waals surface area contributed by atoms with E-state index in [9.17, 15) is 7.13 Å². The van der Waals surface area contributed by atoms with Gasteiger partial charge >= 0.3 is 6.01 Å². The summed E-state index contributed by atoms with van der Waals surface area (Å²) in [6.45, 7) is 23.0. The van der Waals surface area contributed by atoms with Crippen molar-refractivity contribution in [2.45, 2.75) is 155 Å². The molecule has 2 aromatic heterocycles. The lowest BCUT2D eigenvalue weighted by molar-refractivity contribution is 0.109. The van der Waals surface area contributed by atoms with E-state index in [4.69, 9.17) is 23.2 Å². The zero-order valence-electron chi connectivity index (χ0n) is 45.7. The Bertz CT molecular complexity index is 2650. The molecule has 3 saturated heterocycles. The molecule has 7 rings (SSSR count). The van der Waals surface area contributed by atoms with Crippen molar-refractivity contribution in [2.75, 3.05) is 44.6 Å². The highest BCUT2D eigenvalue weighted by atomic mass is 28.4. The van der Waals surface area contributed by atoms with Gasteiger partial charge in [0.15, 0.2) is 5.82 Å². The van der Waals surface area contributed by atoms with Gasteiger partial charge in [-0.05, 0) is 88.6 Å². The first-order valence-electron chi connectivity index (χ1n) is 26.2. The molecule has 3 fully saturated rings. The number of nitrogens with one attached hydrogen (secondary N) is 1. The zero-order valence-corrected chi connectivity index (χ0v) is 42.7. The number of pyridine rings is 1. The summed E-state index contributed by atoms with van der Waals surface area (Å²) in [5.74, 6) is 2.74. The van der Waals surface area contributed by atoms with Gasteiger partial charge in [-0.25, -0.2) is 13.2 Å². The van der Waals surface area contributed by atoms with E-state index < -0.39 is 59.5 Å². The van der Waals surface area contributed by atoms with Gasteiger partial charge in [0.25, 0.3) is 8.32 Å². The summed E-state index contributed by atoms with van der Waals surface area (Å²) in [4.78, 5) is 17.4. The Hall–Kier alpha value is -3.97. The van der Waals surface area contributed by atoms with Crippen molar-refractivity contribution in [3.8, 4) is 34.5 Å². The molecule has 3 atom stereocenters. The average Bonchev–Trinajstić information content (AvgIpc) is 3.61. The summed E-state index contributed by atoms with van der Waals surface area (Å²) in [7, 11) is -5.00. The maximum absolute atomic E-state index is 18.3. The van der Waals surface area contributed by atoms with Crippen LogP contribution in [0.3, 0.4) is 0 Å². The normalized spacial score (nSPS) is 23.1. The number of piperazine rings is 1. The van der Waals surface area contributed by atoms with Crippen LogP contribution in [-0.2, 0) is 0 Å². The van der Waals surface area contributed by atoms with Crippen LogP contribution in [0, 0.1) is 28.5 Å². The SMILES string of the molecule is [2H]C([2H])([2H])N1CC/C(=C\F)[C@](C)(C([2H])([2H])Oc2nc(N3C[C@H]4CC[C@@H](C3)N4)c3cnc(-c4cc(O[Si](C(C)C)(C(C)C)C(C)C)cc5ccc(F)c(C#C[Si](C(C)C)(C(C)C)C(C)C)c45)c(F)c3n2)C1. The molecule has 4 aromatic rings. The third-order valence-electron chi connectivity index (χ3n) is 15.1. The molecule has 0 amide bonds. The minimum Gasteiger partial charge on any atom is -0.543 e. The number of rotatable bonds is 13. The first kappa shape index (κ1) is 42.4. The lowest BCUT2D eigenvalue weighted by atomic mass is 9.78. The molecule has 2 bridgehead atoms. The lowest BCUT2D eigenvalue weighted by Crippen LogP contribution is -2.51. The number of likely N-dealkylation sites (tertiary alicyclic amines) is 1. The number of anilines is 1. The van der Waals surface area contributed by atoms with Crippen molar-refractivity contribution in [3.63, 3.8) is 0 Å². The Morgan fingerprint density at radius 3 is 2.17 bits per heavy atom. The van der Waals surface area contributed by atoms with Crippen LogP contribution in [0.4, 0.5) is 19.0 Å². The average molecular weight is 932 g/mol. The number of aromatic nitrogens is 3. The van der Waals surface area contributed by atoms with E-state index in [1.807, 2.05) is 11.0 Å². The van der Waals surface area contributed by atoms with Crippen LogP contribution in [0.25, 0.3) is 32.9 Å². The van der Waals surface area contributed by atoms with Gasteiger partial charge in [-0.3, -0.25) is 4.98 Å². The van der Waals surface area contributed by atoms with Gasteiger partial charge in [0, 0.05) is 64.9 Å². The number of nitrogens with zero attached hydrogens (tertiary/aromatic N) is 5. The number of benzene rings is 2. The number of ether oxygens (including phenoxy) is 1. The molecule has 2 aromatic carbocycles. The van der Waals surface area contributed by atoms with Crippen molar-refractivity contribution in [3.05, 3.63) is 59.6 Å². The van der Waals surface area contributed by atoms with Gasteiger partial charge in [-0.15, -0.1) is 5.54 Å². The predicted octanol–water partition coefficient (Wildman–Crippen LogP) is 12.8. The molecule has 0 aliphatic carbocycles. The van der Waals surface area contributed by atoms with E-state index >= 15 is 8.78 Å². The predicted molar refractivity (Wildman–Crippen MR) is 267 cm³/mol.